The molecule has 0 saturated carbocycles. The molecule has 0 amide bonds. The van der Waals surface area contributed by atoms with E-state index in [-0.39, 0.29) is 5.76 Å². The second kappa shape index (κ2) is 8.27. The van der Waals surface area contributed by atoms with Gasteiger partial charge in [-0.3, -0.25) is 0 Å². The molecule has 0 aromatic carbocycles. The molecule has 0 spiro atoms. The minimum Gasteiger partial charge on any atom is -0.505 e. The molecule has 0 heterocycles. The third-order valence-electron chi connectivity index (χ3n) is 1.87. The molecule has 0 atom stereocenters. The Balaban J connectivity index is 3.42. The molecule has 0 radical (unpaired) electrons. The Bertz CT molecular complexity index is 230. The molecule has 0 aliphatic carbocycles. The predicted molar refractivity (Wildman–Crippen MR) is 57.3 cm³/mol. The highest BCUT2D eigenvalue weighted by Crippen LogP contribution is 2.04. The van der Waals surface area contributed by atoms with Gasteiger partial charge in [-0.05, 0) is 26.4 Å². The van der Waals surface area contributed by atoms with Crippen molar-refractivity contribution < 1.29 is 5.11 Å². The van der Waals surface area contributed by atoms with Gasteiger partial charge in [0.25, 0.3) is 0 Å². The summed E-state index contributed by atoms with van der Waals surface area (Å²) >= 11 is 0. The van der Waals surface area contributed by atoms with E-state index in [1.807, 2.05) is 13.1 Å². The molecule has 4 heteroatoms. The monoisotopic (exact) mass is 196 g/mol. The van der Waals surface area contributed by atoms with Gasteiger partial charge in [0.2, 0.25) is 5.39 Å². The van der Waals surface area contributed by atoms with E-state index >= 15 is 0 Å². The van der Waals surface area contributed by atoms with Crippen molar-refractivity contribution in [1.29, 1.82) is 5.39 Å². The van der Waals surface area contributed by atoms with Gasteiger partial charge in [-0.25, -0.2) is 0 Å². The molecule has 14 heavy (non-hydrogen) atoms. The number of hydrogen-bond donors (Lipinski definition) is 1. The van der Waals surface area contributed by atoms with Crippen molar-refractivity contribution in [3.05, 3.63) is 29.6 Å². The van der Waals surface area contributed by atoms with E-state index in [9.17, 15) is 0 Å². The van der Waals surface area contributed by atoms with Crippen molar-refractivity contribution in [3.63, 3.8) is 0 Å². The normalized spacial score (nSPS) is 11.4. The lowest BCUT2D eigenvalue weighted by Crippen LogP contribution is -2.19. The number of likely N-dealkylation sites (N-methyl/N-ethyl adjacent to an activating group) is 1. The molecule has 0 saturated heterocycles. The molecule has 4 nitrogen and oxygen atoms in total. The largest absolute Gasteiger partial charge is 0.505 e. The Morgan fingerprint density at radius 3 is 2.86 bits per heavy atom. The maximum Gasteiger partial charge on any atom is 0.387 e. The molecule has 0 aromatic heterocycles. The van der Waals surface area contributed by atoms with Gasteiger partial charge < -0.3 is 10.0 Å². The third kappa shape index (κ3) is 7.32. The molecule has 0 unspecified atom stereocenters. The van der Waals surface area contributed by atoms with Crippen molar-refractivity contribution in [1.82, 2.24) is 4.90 Å². The van der Waals surface area contributed by atoms with E-state index in [1.54, 1.807) is 0 Å². The third-order valence-corrected chi connectivity index (χ3v) is 1.87. The van der Waals surface area contributed by atoms with Gasteiger partial charge in [-0.15, -0.1) is 6.58 Å². The number of allylic oxidation sites excluding steroid dienone is 1. The second-order valence-corrected chi connectivity index (χ2v) is 3.24. The minimum absolute atomic E-state index is 0.124. The van der Waals surface area contributed by atoms with Crippen molar-refractivity contribution >= 4 is 0 Å². The summed E-state index contributed by atoms with van der Waals surface area (Å²) in [5.41, 5.74) is 0. The van der Waals surface area contributed by atoms with Crippen LogP contribution in [0.5, 0.6) is 0 Å². The fourth-order valence-electron chi connectivity index (χ4n) is 1.13. The molecule has 78 valence electrons. The first kappa shape index (κ1) is 12.7. The first-order valence-corrected chi connectivity index (χ1v) is 4.72. The van der Waals surface area contributed by atoms with E-state index in [1.165, 1.54) is 0 Å². The first-order chi connectivity index (χ1) is 6.70. The highest BCUT2D eigenvalue weighted by atomic mass is 16.3. The molecule has 0 fully saturated rings. The lowest BCUT2D eigenvalue weighted by atomic mass is 10.2. The summed E-state index contributed by atoms with van der Waals surface area (Å²) < 4.78 is 0. The number of diazo groups is 1. The Morgan fingerprint density at radius 1 is 1.57 bits per heavy atom. The van der Waals surface area contributed by atoms with Crippen molar-refractivity contribution in [3.8, 4) is 0 Å². The van der Waals surface area contributed by atoms with E-state index in [4.69, 9.17) is 10.5 Å². The van der Waals surface area contributed by atoms with E-state index in [2.05, 4.69) is 16.5 Å². The number of nitrogens with zero attached hydrogens (tertiary/aromatic N) is 3. The van der Waals surface area contributed by atoms with Gasteiger partial charge in [0.1, 0.15) is 0 Å². The lowest BCUT2D eigenvalue weighted by Gasteiger charge is -2.12. The van der Waals surface area contributed by atoms with Crippen LogP contribution in [0.15, 0.2) is 24.6 Å². The van der Waals surface area contributed by atoms with Gasteiger partial charge >= 0.3 is 6.20 Å². The highest BCUT2D eigenvalue weighted by Gasteiger charge is 2.00. The zero-order valence-corrected chi connectivity index (χ0v) is 8.69. The van der Waals surface area contributed by atoms with E-state index in [0.29, 0.717) is 6.42 Å². The maximum absolute atomic E-state index is 9.10. The number of rotatable bonds is 7. The van der Waals surface area contributed by atoms with Crippen LogP contribution in [0.1, 0.15) is 19.3 Å². The Morgan fingerprint density at radius 2 is 2.29 bits per heavy atom. The van der Waals surface area contributed by atoms with Crippen molar-refractivity contribution in [2.24, 2.45) is 0 Å². The summed E-state index contributed by atoms with van der Waals surface area (Å²) in [6, 6.07) is 0. The van der Waals surface area contributed by atoms with Crippen molar-refractivity contribution in [2.45, 2.75) is 19.3 Å². The summed E-state index contributed by atoms with van der Waals surface area (Å²) in [5.74, 6) is 0.124. The molecule has 0 rings (SSSR count). The summed E-state index contributed by atoms with van der Waals surface area (Å²) in [7, 11) is 2.03. The second-order valence-electron chi connectivity index (χ2n) is 3.24. The fraction of sp³-hybridized carbons (Fsp3) is 0.600. The Kier molecular flexibility index (Phi) is 7.48. The molecular weight excluding hydrogens is 178 g/mol. The maximum atomic E-state index is 9.10. The fourth-order valence-corrected chi connectivity index (χ4v) is 1.13. The Labute approximate surface area is 85.2 Å². The zero-order chi connectivity index (χ0) is 10.8. The number of aliphatic hydroxyl groups excluding tert-OH is 1. The lowest BCUT2D eigenvalue weighted by molar-refractivity contribution is 0.343. The quantitative estimate of drug-likeness (QED) is 0.294. The first-order valence-electron chi connectivity index (χ1n) is 4.72. The topological polar surface area (TPSA) is 51.6 Å². The summed E-state index contributed by atoms with van der Waals surface area (Å²) in [4.78, 5) is 4.90. The predicted octanol–water partition coefficient (Wildman–Crippen LogP) is 2.53. The van der Waals surface area contributed by atoms with Gasteiger partial charge in [0.15, 0.2) is 10.7 Å². The standard InChI is InChI=1S/C10H17N3O/c1-3-7-13(2)8-5-4-6-10(14)9-12-11/h3,9H,1,4-8H2,2H3/p+1/b10-9-. The minimum atomic E-state index is 0.124. The SMILES string of the molecule is C=CCN(C)CCCC/C(O)=C/[N+]#N. The molecule has 0 bridgehead atoms. The van der Waals surface area contributed by atoms with Crippen LogP contribution in [0.2, 0.25) is 0 Å². The van der Waals surface area contributed by atoms with Crippen LogP contribution in [0, 0.1) is 5.39 Å². The van der Waals surface area contributed by atoms with Gasteiger partial charge in [-0.2, -0.15) is 0 Å². The van der Waals surface area contributed by atoms with Gasteiger partial charge in [0, 0.05) is 13.0 Å². The number of unbranched alkanes of at least 4 members (excludes halogenated alkanes) is 1. The Hall–Kier alpha value is -1.34. The zero-order valence-electron chi connectivity index (χ0n) is 8.69. The van der Waals surface area contributed by atoms with Crippen LogP contribution in [-0.4, -0.2) is 30.1 Å². The van der Waals surface area contributed by atoms with Crippen LogP contribution in [0.25, 0.3) is 4.98 Å². The molecule has 0 aliphatic rings. The number of aliphatic hydroxyl groups is 1. The van der Waals surface area contributed by atoms with Crippen LogP contribution in [-0.2, 0) is 0 Å². The van der Waals surface area contributed by atoms with Crippen LogP contribution in [0.4, 0.5) is 0 Å². The van der Waals surface area contributed by atoms with Crippen LogP contribution in [0.3, 0.4) is 0 Å². The van der Waals surface area contributed by atoms with Crippen LogP contribution >= 0.6 is 0 Å². The summed E-state index contributed by atoms with van der Waals surface area (Å²) in [6.07, 6.45) is 5.38. The highest BCUT2D eigenvalue weighted by molar-refractivity contribution is 4.95. The molecular formula is C10H18N3O+. The average Bonchev–Trinajstić information content (AvgIpc) is 2.13. The summed E-state index contributed by atoms with van der Waals surface area (Å²) in [6.45, 7) is 5.51. The molecule has 1 N–H and O–H groups in total. The number of hydrogen-bond acceptors (Lipinski definition) is 3. The van der Waals surface area contributed by atoms with Gasteiger partial charge in [0.05, 0.1) is 0 Å². The van der Waals surface area contributed by atoms with E-state index < -0.39 is 0 Å². The molecule has 0 aliphatic heterocycles. The van der Waals surface area contributed by atoms with E-state index in [0.717, 1.165) is 32.1 Å². The average molecular weight is 196 g/mol. The van der Waals surface area contributed by atoms with Crippen molar-refractivity contribution in [2.75, 3.05) is 20.1 Å². The summed E-state index contributed by atoms with van der Waals surface area (Å²) in [5, 5.41) is 17.2. The molecule has 0 aromatic rings. The van der Waals surface area contributed by atoms with Crippen LogP contribution < -0.4 is 0 Å². The smallest absolute Gasteiger partial charge is 0.387 e. The van der Waals surface area contributed by atoms with Gasteiger partial charge in [-0.1, -0.05) is 6.08 Å².